The minimum atomic E-state index is -4.38. The predicted octanol–water partition coefficient (Wildman–Crippen LogP) is 5.58. The lowest BCUT2D eigenvalue weighted by Gasteiger charge is -2.31. The van der Waals surface area contributed by atoms with Crippen LogP contribution in [0.15, 0.2) is 29.3 Å². The van der Waals surface area contributed by atoms with E-state index in [4.69, 9.17) is 21.6 Å². The zero-order valence-corrected chi connectivity index (χ0v) is 22.1. The van der Waals surface area contributed by atoms with E-state index in [1.165, 1.54) is 11.1 Å². The van der Waals surface area contributed by atoms with Crippen LogP contribution in [0.25, 0.3) is 33.8 Å². The number of fused-ring (bicyclic) bond motifs is 1. The number of hydrogen-bond acceptors (Lipinski definition) is 6. The summed E-state index contributed by atoms with van der Waals surface area (Å²) in [4.78, 5) is 29.6. The summed E-state index contributed by atoms with van der Waals surface area (Å²) in [7, 11) is 0. The highest BCUT2D eigenvalue weighted by molar-refractivity contribution is 6.30. The number of rotatable bonds is 5. The van der Waals surface area contributed by atoms with Gasteiger partial charge in [-0.2, -0.15) is 18.3 Å². The molecule has 5 heterocycles. The van der Waals surface area contributed by atoms with Gasteiger partial charge in [-0.1, -0.05) is 31.4 Å². The Labute approximate surface area is 226 Å². The maximum Gasteiger partial charge on any atom is 0.408 e. The molecule has 1 atom stereocenters. The fourth-order valence-corrected chi connectivity index (χ4v) is 6.08. The average Bonchev–Trinajstić information content (AvgIpc) is 3.63. The molecule has 0 amide bonds. The third-order valence-electron chi connectivity index (χ3n) is 7.89. The molecule has 2 aliphatic rings. The van der Waals surface area contributed by atoms with E-state index in [9.17, 15) is 18.0 Å². The van der Waals surface area contributed by atoms with E-state index in [1.807, 2.05) is 4.57 Å². The number of aromatic amines is 2. The lowest BCUT2D eigenvalue weighted by molar-refractivity contribution is -0.146. The second-order valence-corrected chi connectivity index (χ2v) is 11.1. The molecule has 4 aromatic rings. The first-order chi connectivity index (χ1) is 18.7. The van der Waals surface area contributed by atoms with Gasteiger partial charge in [0.05, 0.1) is 21.7 Å². The molecule has 0 spiro atoms. The quantitative estimate of drug-likeness (QED) is 0.330. The number of halogens is 4. The van der Waals surface area contributed by atoms with Crippen LogP contribution in [0.5, 0.6) is 0 Å². The number of alkyl halides is 3. The first-order valence-electron chi connectivity index (χ1n) is 13.2. The van der Waals surface area contributed by atoms with Gasteiger partial charge in [-0.15, -0.1) is 0 Å². The largest absolute Gasteiger partial charge is 0.408 e. The highest BCUT2D eigenvalue weighted by Gasteiger charge is 2.47. The third-order valence-corrected chi connectivity index (χ3v) is 8.10. The number of H-pyrrole nitrogens is 2. The van der Waals surface area contributed by atoms with Crippen molar-refractivity contribution in [3.8, 4) is 22.8 Å². The monoisotopic (exact) mass is 560 g/mol. The van der Waals surface area contributed by atoms with Gasteiger partial charge in [0.15, 0.2) is 5.82 Å². The normalized spacial score (nSPS) is 22.2. The van der Waals surface area contributed by atoms with Gasteiger partial charge in [0.2, 0.25) is 5.95 Å². The fraction of sp³-hybridized carbons (Fsp3) is 0.500. The standard InChI is InChI=1S/C26H28ClF3N8O/c1-14-4-6-15(7-5-14)13-38-22-18(33-25(38)37-8-2-3-20(37)26(28,29)30)10-19(23-34-24(39)36-35-23)32-21(22)16-9-17(27)12-31-11-16/h9-12,14-15,20H,2-8,13H2,1H3,(H2,34,35,36,39)/t14?,15?,20-/m0/s1. The van der Waals surface area contributed by atoms with Crippen molar-refractivity contribution in [1.82, 2.24) is 34.7 Å². The van der Waals surface area contributed by atoms with E-state index >= 15 is 0 Å². The molecule has 206 valence electrons. The van der Waals surface area contributed by atoms with E-state index in [2.05, 4.69) is 27.1 Å². The molecular weight excluding hydrogens is 533 g/mol. The number of nitrogens with zero attached hydrogens (tertiary/aromatic N) is 6. The minimum absolute atomic E-state index is 0.0245. The molecular formula is C26H28ClF3N8O. The number of pyridine rings is 2. The van der Waals surface area contributed by atoms with Crippen molar-refractivity contribution in [2.45, 2.75) is 64.2 Å². The number of imidazole rings is 1. The van der Waals surface area contributed by atoms with Gasteiger partial charge in [0.1, 0.15) is 11.7 Å². The van der Waals surface area contributed by atoms with E-state index in [0.717, 1.165) is 25.7 Å². The van der Waals surface area contributed by atoms with Gasteiger partial charge in [-0.05, 0) is 49.7 Å². The molecule has 6 rings (SSSR count). The molecule has 1 aliphatic carbocycles. The summed E-state index contributed by atoms with van der Waals surface area (Å²) in [5, 5.41) is 6.73. The maximum absolute atomic E-state index is 14.1. The van der Waals surface area contributed by atoms with Crippen molar-refractivity contribution in [3.05, 3.63) is 40.0 Å². The van der Waals surface area contributed by atoms with E-state index < -0.39 is 17.9 Å². The van der Waals surface area contributed by atoms with Crippen molar-refractivity contribution in [2.24, 2.45) is 11.8 Å². The van der Waals surface area contributed by atoms with Crippen molar-refractivity contribution in [1.29, 1.82) is 0 Å². The minimum Gasteiger partial charge on any atom is -0.330 e. The molecule has 4 aromatic heterocycles. The Bertz CT molecular complexity index is 1550. The summed E-state index contributed by atoms with van der Waals surface area (Å²) in [5.74, 6) is 1.43. The molecule has 1 saturated carbocycles. The molecule has 0 unspecified atom stereocenters. The number of nitrogens with one attached hydrogen (secondary N) is 2. The highest BCUT2D eigenvalue weighted by atomic mass is 35.5. The Hall–Kier alpha value is -3.41. The van der Waals surface area contributed by atoms with Crippen LogP contribution in [-0.4, -0.2) is 53.5 Å². The number of anilines is 1. The van der Waals surface area contributed by atoms with Gasteiger partial charge >= 0.3 is 11.9 Å². The van der Waals surface area contributed by atoms with E-state index in [0.29, 0.717) is 57.8 Å². The van der Waals surface area contributed by atoms with Crippen molar-refractivity contribution in [3.63, 3.8) is 0 Å². The van der Waals surface area contributed by atoms with Crippen LogP contribution in [0, 0.1) is 11.8 Å². The van der Waals surface area contributed by atoms with E-state index in [1.54, 1.807) is 18.3 Å². The van der Waals surface area contributed by atoms with Crippen LogP contribution in [-0.2, 0) is 6.54 Å². The Morgan fingerprint density at radius 3 is 2.59 bits per heavy atom. The molecule has 0 aromatic carbocycles. The zero-order valence-electron chi connectivity index (χ0n) is 21.3. The van der Waals surface area contributed by atoms with Crippen LogP contribution in [0.4, 0.5) is 19.1 Å². The van der Waals surface area contributed by atoms with Gasteiger partial charge in [0, 0.05) is 31.0 Å². The van der Waals surface area contributed by atoms with Gasteiger partial charge < -0.3 is 9.47 Å². The summed E-state index contributed by atoms with van der Waals surface area (Å²) < 4.78 is 44.2. The third kappa shape index (κ3) is 5.02. The second-order valence-electron chi connectivity index (χ2n) is 10.7. The lowest BCUT2D eigenvalue weighted by atomic mass is 9.83. The Morgan fingerprint density at radius 2 is 1.90 bits per heavy atom. The van der Waals surface area contributed by atoms with Crippen molar-refractivity contribution >= 4 is 28.6 Å². The SMILES string of the molecule is CC1CCC(Cn2c(N3CCC[C@H]3C(F)(F)F)nc3cc(-c4n[nH]c(=O)[nH]4)nc(-c4cncc(Cl)c4)c32)CC1. The predicted molar refractivity (Wildman–Crippen MR) is 142 cm³/mol. The molecule has 39 heavy (non-hydrogen) atoms. The summed E-state index contributed by atoms with van der Waals surface area (Å²) >= 11 is 6.28. The zero-order chi connectivity index (χ0) is 27.3. The summed E-state index contributed by atoms with van der Waals surface area (Å²) in [6.07, 6.45) is 3.35. The Kier molecular flexibility index (Phi) is 6.60. The van der Waals surface area contributed by atoms with Crippen molar-refractivity contribution < 1.29 is 13.2 Å². The van der Waals surface area contributed by atoms with Crippen LogP contribution in [0.1, 0.15) is 45.4 Å². The lowest BCUT2D eigenvalue weighted by Crippen LogP contribution is -2.42. The van der Waals surface area contributed by atoms with E-state index in [-0.39, 0.29) is 24.7 Å². The van der Waals surface area contributed by atoms with Gasteiger partial charge in [-0.25, -0.2) is 19.9 Å². The van der Waals surface area contributed by atoms with Crippen LogP contribution in [0.2, 0.25) is 5.02 Å². The second kappa shape index (κ2) is 9.96. The molecule has 0 radical (unpaired) electrons. The molecule has 13 heteroatoms. The molecule has 1 aliphatic heterocycles. The van der Waals surface area contributed by atoms with Crippen LogP contribution < -0.4 is 10.6 Å². The van der Waals surface area contributed by atoms with Gasteiger partial charge in [-0.3, -0.25) is 9.97 Å². The summed E-state index contributed by atoms with van der Waals surface area (Å²) in [5.41, 5.74) is 1.96. The molecule has 9 nitrogen and oxygen atoms in total. The first kappa shape index (κ1) is 25.8. The molecule has 1 saturated heterocycles. The fourth-order valence-electron chi connectivity index (χ4n) is 5.91. The first-order valence-corrected chi connectivity index (χ1v) is 13.6. The van der Waals surface area contributed by atoms with Crippen LogP contribution in [0.3, 0.4) is 0 Å². The number of aromatic nitrogens is 7. The summed E-state index contributed by atoms with van der Waals surface area (Å²) in [6, 6.07) is 1.76. The Balaban J connectivity index is 1.59. The van der Waals surface area contributed by atoms with Gasteiger partial charge in [0.25, 0.3) is 0 Å². The molecule has 2 fully saturated rings. The summed E-state index contributed by atoms with van der Waals surface area (Å²) in [6.45, 7) is 3.03. The Morgan fingerprint density at radius 1 is 1.10 bits per heavy atom. The van der Waals surface area contributed by atoms with Crippen LogP contribution >= 0.6 is 11.6 Å². The maximum atomic E-state index is 14.1. The molecule has 2 N–H and O–H groups in total. The average molecular weight is 561 g/mol. The highest BCUT2D eigenvalue weighted by Crippen LogP contribution is 2.41. The smallest absolute Gasteiger partial charge is 0.330 e. The van der Waals surface area contributed by atoms with Crippen molar-refractivity contribution in [2.75, 3.05) is 11.4 Å². The topological polar surface area (TPSA) is 108 Å². The molecule has 0 bridgehead atoms. The number of hydrogen-bond donors (Lipinski definition) is 2.